The molecule has 0 bridgehead atoms. The van der Waals surface area contributed by atoms with E-state index in [4.69, 9.17) is 4.74 Å². The summed E-state index contributed by atoms with van der Waals surface area (Å²) in [6, 6.07) is 7.47. The number of amides is 1. The predicted molar refractivity (Wildman–Crippen MR) is 86.1 cm³/mol. The van der Waals surface area contributed by atoms with Crippen LogP contribution in [0.5, 0.6) is 0 Å². The molecule has 0 spiro atoms. The van der Waals surface area contributed by atoms with Crippen molar-refractivity contribution in [2.45, 2.75) is 44.4 Å². The molecule has 0 saturated heterocycles. The van der Waals surface area contributed by atoms with E-state index in [-0.39, 0.29) is 19.1 Å². The van der Waals surface area contributed by atoms with Crippen LogP contribution < -0.4 is 0 Å². The second kappa shape index (κ2) is 8.96. The van der Waals surface area contributed by atoms with Gasteiger partial charge in [0.25, 0.3) is 12.3 Å². The van der Waals surface area contributed by atoms with E-state index in [1.54, 1.807) is 12.1 Å². The monoisotopic (exact) mass is 325 g/mol. The Morgan fingerprint density at radius 2 is 1.87 bits per heavy atom. The number of carbonyl (C=O) groups is 1. The smallest absolute Gasteiger partial charge is 0.255 e. The van der Waals surface area contributed by atoms with E-state index in [9.17, 15) is 13.6 Å². The second-order valence-corrected chi connectivity index (χ2v) is 6.09. The zero-order chi connectivity index (χ0) is 16.7. The Kier molecular flexibility index (Phi) is 6.96. The average molecular weight is 325 g/mol. The molecule has 1 aromatic carbocycles. The Morgan fingerprint density at radius 3 is 2.43 bits per heavy atom. The van der Waals surface area contributed by atoms with Crippen LogP contribution in [0.3, 0.4) is 0 Å². The van der Waals surface area contributed by atoms with Gasteiger partial charge in [-0.15, -0.1) is 0 Å². The number of nitrogens with zero attached hydrogens (tertiary/aromatic N) is 1. The van der Waals surface area contributed by atoms with Crippen molar-refractivity contribution < 1.29 is 18.3 Å². The van der Waals surface area contributed by atoms with Crippen LogP contribution >= 0.6 is 0 Å². The van der Waals surface area contributed by atoms with Crippen LogP contribution in [-0.2, 0) is 4.74 Å². The molecule has 0 N–H and O–H groups in total. The fraction of sp³-hybridized carbons (Fsp3) is 0.611. The zero-order valence-electron chi connectivity index (χ0n) is 13.6. The van der Waals surface area contributed by atoms with Crippen LogP contribution in [0.25, 0.3) is 0 Å². The maximum absolute atomic E-state index is 12.7. The summed E-state index contributed by atoms with van der Waals surface area (Å²) in [5.41, 5.74) is 1.71. The Hall–Kier alpha value is -1.49. The molecule has 1 aromatic rings. The van der Waals surface area contributed by atoms with Gasteiger partial charge in [-0.25, -0.2) is 8.78 Å². The van der Waals surface area contributed by atoms with Crippen LogP contribution in [0.1, 0.15) is 53.9 Å². The van der Waals surface area contributed by atoms with Crippen LogP contribution in [0.2, 0.25) is 0 Å². The van der Waals surface area contributed by atoms with Crippen LogP contribution in [0.15, 0.2) is 24.3 Å². The van der Waals surface area contributed by atoms with Gasteiger partial charge < -0.3 is 9.64 Å². The third-order valence-corrected chi connectivity index (χ3v) is 4.45. The van der Waals surface area contributed by atoms with Crippen LogP contribution in [-0.4, -0.2) is 44.0 Å². The first kappa shape index (κ1) is 17.9. The number of hydrogen-bond donors (Lipinski definition) is 0. The molecule has 0 atom stereocenters. The standard InChI is InChI=1S/C18H25F2NO2/c1-23-12-11-21(13-17(19)20)18(22)16-9-7-15(8-10-16)14-5-3-2-4-6-14/h7-10,14,17H,2-6,11-13H2,1H3. The average Bonchev–Trinajstić information content (AvgIpc) is 2.58. The highest BCUT2D eigenvalue weighted by Crippen LogP contribution is 2.32. The maximum atomic E-state index is 12.7. The van der Waals surface area contributed by atoms with Gasteiger partial charge in [0, 0.05) is 19.2 Å². The number of ether oxygens (including phenoxy) is 1. The fourth-order valence-corrected chi connectivity index (χ4v) is 3.16. The third-order valence-electron chi connectivity index (χ3n) is 4.45. The minimum absolute atomic E-state index is 0.171. The van der Waals surface area contributed by atoms with Crippen molar-refractivity contribution >= 4 is 5.91 Å². The second-order valence-electron chi connectivity index (χ2n) is 6.09. The lowest BCUT2D eigenvalue weighted by Gasteiger charge is -2.24. The molecule has 3 nitrogen and oxygen atoms in total. The van der Waals surface area contributed by atoms with Gasteiger partial charge in [-0.05, 0) is 36.5 Å². The number of carbonyl (C=O) groups excluding carboxylic acids is 1. The van der Waals surface area contributed by atoms with Crippen molar-refractivity contribution in [3.63, 3.8) is 0 Å². The fourth-order valence-electron chi connectivity index (χ4n) is 3.16. The molecular formula is C18H25F2NO2. The van der Waals surface area contributed by atoms with Crippen molar-refractivity contribution in [3.05, 3.63) is 35.4 Å². The highest BCUT2D eigenvalue weighted by Gasteiger charge is 2.20. The number of alkyl halides is 2. The van der Waals surface area contributed by atoms with E-state index < -0.39 is 13.0 Å². The number of rotatable bonds is 7. The molecule has 1 aliphatic rings. The van der Waals surface area contributed by atoms with E-state index in [1.807, 2.05) is 12.1 Å². The van der Waals surface area contributed by atoms with Crippen LogP contribution in [0.4, 0.5) is 8.78 Å². The Morgan fingerprint density at radius 1 is 1.22 bits per heavy atom. The van der Waals surface area contributed by atoms with Gasteiger partial charge in [-0.2, -0.15) is 0 Å². The molecule has 1 amide bonds. The molecule has 0 unspecified atom stereocenters. The summed E-state index contributed by atoms with van der Waals surface area (Å²) in [5.74, 6) is 0.205. The van der Waals surface area contributed by atoms with Crippen LogP contribution in [0, 0.1) is 0 Å². The molecule has 0 aliphatic heterocycles. The van der Waals surface area contributed by atoms with Gasteiger partial charge in [-0.3, -0.25) is 4.79 Å². The Balaban J connectivity index is 2.04. The quantitative estimate of drug-likeness (QED) is 0.756. The first-order valence-corrected chi connectivity index (χ1v) is 8.28. The van der Waals surface area contributed by atoms with Gasteiger partial charge in [0.15, 0.2) is 0 Å². The summed E-state index contributed by atoms with van der Waals surface area (Å²) < 4.78 is 30.2. The lowest BCUT2D eigenvalue weighted by molar-refractivity contribution is 0.0478. The van der Waals surface area contributed by atoms with Crippen molar-refractivity contribution in [2.75, 3.05) is 26.8 Å². The summed E-state index contributed by atoms with van der Waals surface area (Å²) in [6.45, 7) is -0.144. The summed E-state index contributed by atoms with van der Waals surface area (Å²) >= 11 is 0. The van der Waals surface area contributed by atoms with Crippen molar-refractivity contribution in [1.82, 2.24) is 4.90 Å². The molecular weight excluding hydrogens is 300 g/mol. The summed E-state index contributed by atoms with van der Waals surface area (Å²) in [6.07, 6.45) is 3.65. The lowest BCUT2D eigenvalue weighted by Crippen LogP contribution is -2.37. The third kappa shape index (κ3) is 5.27. The SMILES string of the molecule is COCCN(CC(F)F)C(=O)c1ccc(C2CCCCC2)cc1. The highest BCUT2D eigenvalue weighted by molar-refractivity contribution is 5.94. The number of hydrogen-bond acceptors (Lipinski definition) is 2. The van der Waals surface area contributed by atoms with Gasteiger partial charge in [0.05, 0.1) is 13.2 Å². The first-order valence-electron chi connectivity index (χ1n) is 8.28. The minimum atomic E-state index is -2.54. The molecule has 1 fully saturated rings. The summed E-state index contributed by atoms with van der Waals surface area (Å²) in [4.78, 5) is 13.6. The molecule has 1 saturated carbocycles. The number of benzene rings is 1. The predicted octanol–water partition coefficient (Wildman–Crippen LogP) is 4.09. The molecule has 2 rings (SSSR count). The normalized spacial score (nSPS) is 15.8. The molecule has 0 aromatic heterocycles. The molecule has 0 radical (unpaired) electrons. The summed E-state index contributed by atoms with van der Waals surface area (Å²) in [7, 11) is 1.49. The number of methoxy groups -OCH3 is 1. The Bertz CT molecular complexity index is 484. The van der Waals surface area contributed by atoms with Crippen molar-refractivity contribution in [2.24, 2.45) is 0 Å². The van der Waals surface area contributed by atoms with Gasteiger partial charge in [0.2, 0.25) is 0 Å². The first-order chi connectivity index (χ1) is 11.1. The van der Waals surface area contributed by atoms with Crippen molar-refractivity contribution in [1.29, 1.82) is 0 Å². The molecule has 1 aliphatic carbocycles. The van der Waals surface area contributed by atoms with E-state index in [2.05, 4.69) is 0 Å². The number of halogens is 2. The van der Waals surface area contributed by atoms with E-state index in [0.29, 0.717) is 11.5 Å². The van der Waals surface area contributed by atoms with Crippen molar-refractivity contribution in [3.8, 4) is 0 Å². The van der Waals surface area contributed by atoms with Gasteiger partial charge >= 0.3 is 0 Å². The van der Waals surface area contributed by atoms with E-state index in [0.717, 1.165) is 4.90 Å². The highest BCUT2D eigenvalue weighted by atomic mass is 19.3. The van der Waals surface area contributed by atoms with Gasteiger partial charge in [-0.1, -0.05) is 31.4 Å². The lowest BCUT2D eigenvalue weighted by atomic mass is 9.84. The largest absolute Gasteiger partial charge is 0.383 e. The topological polar surface area (TPSA) is 29.5 Å². The minimum Gasteiger partial charge on any atom is -0.383 e. The molecule has 0 heterocycles. The Labute approximate surface area is 136 Å². The van der Waals surface area contributed by atoms with E-state index in [1.165, 1.54) is 44.8 Å². The van der Waals surface area contributed by atoms with Gasteiger partial charge in [0.1, 0.15) is 0 Å². The molecule has 23 heavy (non-hydrogen) atoms. The summed E-state index contributed by atoms with van der Waals surface area (Å²) in [5, 5.41) is 0. The molecule has 5 heteroatoms. The molecule has 128 valence electrons. The van der Waals surface area contributed by atoms with E-state index >= 15 is 0 Å². The maximum Gasteiger partial charge on any atom is 0.255 e. The zero-order valence-corrected chi connectivity index (χ0v) is 13.6.